The molecule has 2 unspecified atom stereocenters. The largest absolute Gasteiger partial charge is 0.490 e. The zero-order chi connectivity index (χ0) is 19.2. The molecule has 0 radical (unpaired) electrons. The number of para-hydroxylation sites is 2. The molecule has 1 saturated carbocycles. The van der Waals surface area contributed by atoms with E-state index in [1.807, 2.05) is 78.9 Å². The van der Waals surface area contributed by atoms with E-state index in [0.29, 0.717) is 24.3 Å². The van der Waals surface area contributed by atoms with Crippen molar-refractivity contribution < 1.29 is 19.3 Å². The summed E-state index contributed by atoms with van der Waals surface area (Å²) in [5, 5.41) is 11.0. The lowest BCUT2D eigenvalue weighted by Crippen LogP contribution is -2.44. The van der Waals surface area contributed by atoms with Crippen LogP contribution in [-0.2, 0) is 0 Å². The van der Waals surface area contributed by atoms with E-state index in [4.69, 9.17) is 14.2 Å². The highest BCUT2D eigenvalue weighted by Crippen LogP contribution is 2.34. The van der Waals surface area contributed by atoms with Crippen LogP contribution in [0.4, 0.5) is 0 Å². The molecule has 2 atom stereocenters. The van der Waals surface area contributed by atoms with E-state index < -0.39 is 5.79 Å². The Labute approximate surface area is 165 Å². The van der Waals surface area contributed by atoms with Crippen LogP contribution in [0.25, 0.3) is 0 Å². The van der Waals surface area contributed by atoms with Gasteiger partial charge in [0, 0.05) is 18.9 Å². The summed E-state index contributed by atoms with van der Waals surface area (Å²) in [6.07, 6.45) is 2.66. The first-order valence-corrected chi connectivity index (χ1v) is 9.65. The maximum atomic E-state index is 11.0. The van der Waals surface area contributed by atoms with Crippen molar-refractivity contribution in [1.82, 2.24) is 0 Å². The Bertz CT molecular complexity index is 881. The van der Waals surface area contributed by atoms with Crippen LogP contribution in [0.5, 0.6) is 23.0 Å². The van der Waals surface area contributed by atoms with Gasteiger partial charge in [-0.05, 0) is 49.2 Å². The minimum Gasteiger partial charge on any atom is -0.490 e. The van der Waals surface area contributed by atoms with Gasteiger partial charge >= 0.3 is 0 Å². The van der Waals surface area contributed by atoms with Gasteiger partial charge in [0.2, 0.25) is 5.79 Å². The van der Waals surface area contributed by atoms with Gasteiger partial charge in [-0.2, -0.15) is 0 Å². The molecule has 1 fully saturated rings. The molecule has 0 spiro atoms. The van der Waals surface area contributed by atoms with Crippen LogP contribution < -0.4 is 14.2 Å². The number of rotatable bonds is 6. The first kappa shape index (κ1) is 18.4. The predicted molar refractivity (Wildman–Crippen MR) is 108 cm³/mol. The quantitative estimate of drug-likeness (QED) is 0.572. The molecule has 1 N–H and O–H groups in total. The molecule has 0 heterocycles. The summed E-state index contributed by atoms with van der Waals surface area (Å²) in [7, 11) is 0. The fourth-order valence-electron chi connectivity index (χ4n) is 3.50. The lowest BCUT2D eigenvalue weighted by molar-refractivity contribution is -0.176. The molecule has 0 aromatic heterocycles. The van der Waals surface area contributed by atoms with Gasteiger partial charge in [-0.15, -0.1) is 0 Å². The van der Waals surface area contributed by atoms with Crippen LogP contribution in [0, 0.1) is 0 Å². The third-order valence-corrected chi connectivity index (χ3v) is 4.78. The Hall–Kier alpha value is -2.98. The molecule has 1 aliphatic rings. The van der Waals surface area contributed by atoms with Crippen molar-refractivity contribution in [2.45, 2.75) is 37.6 Å². The lowest BCUT2D eigenvalue weighted by atomic mass is 9.91. The molecule has 3 aromatic carbocycles. The van der Waals surface area contributed by atoms with Gasteiger partial charge in [0.15, 0.2) is 0 Å². The van der Waals surface area contributed by atoms with Crippen LogP contribution in [0.1, 0.15) is 25.7 Å². The highest BCUT2D eigenvalue weighted by molar-refractivity contribution is 5.37. The second-order valence-corrected chi connectivity index (χ2v) is 7.09. The van der Waals surface area contributed by atoms with Gasteiger partial charge in [-0.3, -0.25) is 0 Å². The van der Waals surface area contributed by atoms with Gasteiger partial charge in [0.25, 0.3) is 0 Å². The van der Waals surface area contributed by atoms with Gasteiger partial charge < -0.3 is 19.3 Å². The molecule has 28 heavy (non-hydrogen) atoms. The van der Waals surface area contributed by atoms with E-state index in [1.54, 1.807) is 6.07 Å². The Morgan fingerprint density at radius 2 is 1.39 bits per heavy atom. The minimum absolute atomic E-state index is 0.0788. The number of benzene rings is 3. The lowest BCUT2D eigenvalue weighted by Gasteiger charge is -2.36. The van der Waals surface area contributed by atoms with Crippen LogP contribution in [-0.4, -0.2) is 17.0 Å². The van der Waals surface area contributed by atoms with E-state index in [0.717, 1.165) is 24.3 Å². The Kier molecular flexibility index (Phi) is 5.49. The SMILES string of the molecule is OC1(Oc2cccc(Oc3ccccc3)c2)CCCC(Oc2ccccc2)C1. The summed E-state index contributed by atoms with van der Waals surface area (Å²) in [6.45, 7) is 0. The fraction of sp³-hybridized carbons (Fsp3) is 0.250. The summed E-state index contributed by atoms with van der Waals surface area (Å²) in [5.41, 5.74) is 0. The normalized spacial score (nSPS) is 21.7. The molecule has 0 bridgehead atoms. The average molecular weight is 376 g/mol. The zero-order valence-electron chi connectivity index (χ0n) is 15.7. The summed E-state index contributed by atoms with van der Waals surface area (Å²) in [5.74, 6) is 1.57. The smallest absolute Gasteiger partial charge is 0.211 e. The summed E-state index contributed by atoms with van der Waals surface area (Å²) < 4.78 is 17.9. The molecule has 4 rings (SSSR count). The Morgan fingerprint density at radius 3 is 2.14 bits per heavy atom. The minimum atomic E-state index is -1.25. The van der Waals surface area contributed by atoms with E-state index in [2.05, 4.69) is 0 Å². The van der Waals surface area contributed by atoms with Crippen molar-refractivity contribution in [3.8, 4) is 23.0 Å². The molecular weight excluding hydrogens is 352 g/mol. The Morgan fingerprint density at radius 1 is 0.750 bits per heavy atom. The second kappa shape index (κ2) is 8.36. The van der Waals surface area contributed by atoms with Crippen LogP contribution in [0.2, 0.25) is 0 Å². The molecule has 0 saturated heterocycles. The van der Waals surface area contributed by atoms with Crippen molar-refractivity contribution >= 4 is 0 Å². The van der Waals surface area contributed by atoms with Crippen molar-refractivity contribution in [2.75, 3.05) is 0 Å². The topological polar surface area (TPSA) is 47.9 Å². The summed E-state index contributed by atoms with van der Waals surface area (Å²) in [6, 6.07) is 26.6. The molecule has 4 heteroatoms. The fourth-order valence-corrected chi connectivity index (χ4v) is 3.50. The monoisotopic (exact) mass is 376 g/mol. The number of hydrogen-bond donors (Lipinski definition) is 1. The first-order valence-electron chi connectivity index (χ1n) is 9.65. The molecule has 3 aromatic rings. The highest BCUT2D eigenvalue weighted by Gasteiger charge is 2.37. The number of hydrogen-bond acceptors (Lipinski definition) is 4. The number of aliphatic hydroxyl groups is 1. The van der Waals surface area contributed by atoms with E-state index in [1.165, 1.54) is 0 Å². The van der Waals surface area contributed by atoms with E-state index in [-0.39, 0.29) is 6.10 Å². The van der Waals surface area contributed by atoms with Crippen LogP contribution in [0.15, 0.2) is 84.9 Å². The van der Waals surface area contributed by atoms with Gasteiger partial charge in [0.05, 0.1) is 0 Å². The summed E-state index contributed by atoms with van der Waals surface area (Å²) in [4.78, 5) is 0. The maximum Gasteiger partial charge on any atom is 0.211 e. The second-order valence-electron chi connectivity index (χ2n) is 7.09. The molecule has 4 nitrogen and oxygen atoms in total. The third-order valence-electron chi connectivity index (χ3n) is 4.78. The Balaban J connectivity index is 1.42. The number of ether oxygens (including phenoxy) is 3. The van der Waals surface area contributed by atoms with Crippen LogP contribution >= 0.6 is 0 Å². The maximum absolute atomic E-state index is 11.0. The van der Waals surface area contributed by atoms with Crippen molar-refractivity contribution in [1.29, 1.82) is 0 Å². The third kappa shape index (κ3) is 4.84. The predicted octanol–water partition coefficient (Wildman–Crippen LogP) is 5.57. The highest BCUT2D eigenvalue weighted by atomic mass is 16.6. The molecule has 0 amide bonds. The molecule has 144 valence electrons. The average Bonchev–Trinajstić information content (AvgIpc) is 2.69. The summed E-state index contributed by atoms with van der Waals surface area (Å²) >= 11 is 0. The first-order chi connectivity index (χ1) is 13.7. The van der Waals surface area contributed by atoms with Crippen molar-refractivity contribution in [3.05, 3.63) is 84.9 Å². The van der Waals surface area contributed by atoms with Crippen LogP contribution in [0.3, 0.4) is 0 Å². The van der Waals surface area contributed by atoms with E-state index >= 15 is 0 Å². The molecule has 1 aliphatic carbocycles. The van der Waals surface area contributed by atoms with Crippen molar-refractivity contribution in [3.63, 3.8) is 0 Å². The van der Waals surface area contributed by atoms with Gasteiger partial charge in [0.1, 0.15) is 29.1 Å². The molecule has 0 aliphatic heterocycles. The standard InChI is InChI=1S/C24H24O4/c25-24(16-8-15-23(18-24)27-20-11-5-2-6-12-20)28-22-14-7-13-21(17-22)26-19-9-3-1-4-10-19/h1-7,9-14,17,23,25H,8,15-16,18H2. The van der Waals surface area contributed by atoms with Crippen molar-refractivity contribution in [2.24, 2.45) is 0 Å². The van der Waals surface area contributed by atoms with E-state index in [9.17, 15) is 5.11 Å². The molecular formula is C24H24O4. The van der Waals surface area contributed by atoms with Gasteiger partial charge in [-0.1, -0.05) is 42.5 Å². The zero-order valence-corrected chi connectivity index (χ0v) is 15.7. The van der Waals surface area contributed by atoms with Gasteiger partial charge in [-0.25, -0.2) is 0 Å².